The maximum atomic E-state index is 12.3. The fourth-order valence-corrected chi connectivity index (χ4v) is 3.46. The van der Waals surface area contributed by atoms with Crippen molar-refractivity contribution in [1.82, 2.24) is 4.90 Å². The topological polar surface area (TPSA) is 52.6 Å². The van der Waals surface area contributed by atoms with E-state index < -0.39 is 0 Å². The van der Waals surface area contributed by atoms with Gasteiger partial charge in [-0.2, -0.15) is 0 Å². The Morgan fingerprint density at radius 3 is 2.50 bits per heavy atom. The van der Waals surface area contributed by atoms with E-state index >= 15 is 0 Å². The lowest BCUT2D eigenvalue weighted by Gasteiger charge is -2.34. The summed E-state index contributed by atoms with van der Waals surface area (Å²) in [5.41, 5.74) is 0.807. The molecule has 1 heterocycles. The first-order valence-electron chi connectivity index (χ1n) is 7.78. The predicted octanol–water partition coefficient (Wildman–Crippen LogP) is 3.81. The lowest BCUT2D eigenvalue weighted by atomic mass is 9.97. The summed E-state index contributed by atoms with van der Waals surface area (Å²) in [6, 6.07) is 7.86. The molecule has 1 aromatic carbocycles. The Hall–Kier alpha value is -1.20. The molecule has 2 rings (SSSR count). The normalized spacial score (nSPS) is 22.5. The minimum atomic E-state index is -0.294. The van der Waals surface area contributed by atoms with E-state index in [0.717, 1.165) is 5.69 Å². The van der Waals surface area contributed by atoms with Crippen molar-refractivity contribution in [3.05, 3.63) is 24.3 Å². The molecule has 0 saturated carbocycles. The Labute approximate surface area is 137 Å². The van der Waals surface area contributed by atoms with Crippen LogP contribution in [0.4, 0.5) is 10.5 Å². The van der Waals surface area contributed by atoms with Gasteiger partial charge in [-0.3, -0.25) is 0 Å². The van der Waals surface area contributed by atoms with Crippen LogP contribution in [0, 0.1) is 5.92 Å². The number of hydrogen-bond acceptors (Lipinski definition) is 3. The monoisotopic (exact) mass is 322 g/mol. The Morgan fingerprint density at radius 2 is 1.95 bits per heavy atom. The van der Waals surface area contributed by atoms with E-state index in [2.05, 4.69) is 26.1 Å². The number of piperidine rings is 1. The second-order valence-corrected chi connectivity index (χ2v) is 8.85. The maximum absolute atomic E-state index is 12.3. The summed E-state index contributed by atoms with van der Waals surface area (Å²) in [6.45, 7) is 9.72. The number of likely N-dealkylation sites (tertiary alicyclic amines) is 1. The molecule has 1 aliphatic rings. The Bertz CT molecular complexity index is 510. The van der Waals surface area contributed by atoms with Gasteiger partial charge in [-0.1, -0.05) is 27.7 Å². The number of anilines is 1. The van der Waals surface area contributed by atoms with Gasteiger partial charge in [0.05, 0.1) is 6.10 Å². The van der Waals surface area contributed by atoms with E-state index in [0.29, 0.717) is 19.5 Å². The van der Waals surface area contributed by atoms with E-state index in [1.807, 2.05) is 31.2 Å². The summed E-state index contributed by atoms with van der Waals surface area (Å²) >= 11 is 1.81. The molecule has 0 radical (unpaired) electrons. The van der Waals surface area contributed by atoms with Gasteiger partial charge in [-0.05, 0) is 36.6 Å². The highest BCUT2D eigenvalue weighted by Gasteiger charge is 2.27. The Morgan fingerprint density at radius 1 is 1.32 bits per heavy atom. The first-order valence-corrected chi connectivity index (χ1v) is 8.59. The van der Waals surface area contributed by atoms with Crippen LogP contribution in [-0.2, 0) is 0 Å². The molecule has 1 fully saturated rings. The number of aliphatic hydroxyl groups is 1. The van der Waals surface area contributed by atoms with Crippen LogP contribution in [0.3, 0.4) is 0 Å². The third-order valence-electron chi connectivity index (χ3n) is 3.68. The molecule has 4 nitrogen and oxygen atoms in total. The molecule has 22 heavy (non-hydrogen) atoms. The average molecular weight is 322 g/mol. The zero-order chi connectivity index (χ0) is 16.3. The van der Waals surface area contributed by atoms with E-state index in [4.69, 9.17) is 0 Å². The number of benzene rings is 1. The molecule has 1 aromatic rings. The molecule has 2 atom stereocenters. The molecule has 0 spiro atoms. The van der Waals surface area contributed by atoms with Crippen LogP contribution in [0.1, 0.15) is 34.1 Å². The standard InChI is InChI=1S/C17H26N2O2S/c1-12-11-19(10-9-15(12)20)16(21)18-13-5-7-14(8-6-13)22-17(2,3)4/h5-8,12,15,20H,9-11H2,1-4H3,(H,18,21)/t12-,15+/m1/s1. The highest BCUT2D eigenvalue weighted by Crippen LogP contribution is 2.32. The number of amides is 2. The zero-order valence-electron chi connectivity index (χ0n) is 13.8. The Balaban J connectivity index is 1.92. The fourth-order valence-electron chi connectivity index (χ4n) is 2.48. The van der Waals surface area contributed by atoms with Crippen molar-refractivity contribution in [2.45, 2.75) is 49.9 Å². The molecule has 1 saturated heterocycles. The van der Waals surface area contributed by atoms with Crippen molar-refractivity contribution in [3.63, 3.8) is 0 Å². The third-order valence-corrected chi connectivity index (χ3v) is 4.80. The summed E-state index contributed by atoms with van der Waals surface area (Å²) in [6.07, 6.45) is 0.355. The summed E-state index contributed by atoms with van der Waals surface area (Å²) in [7, 11) is 0. The maximum Gasteiger partial charge on any atom is 0.321 e. The number of carbonyl (C=O) groups excluding carboxylic acids is 1. The van der Waals surface area contributed by atoms with Gasteiger partial charge >= 0.3 is 6.03 Å². The molecule has 2 N–H and O–H groups in total. The molecule has 2 amide bonds. The number of aliphatic hydroxyl groups excluding tert-OH is 1. The predicted molar refractivity (Wildman–Crippen MR) is 92.4 cm³/mol. The lowest BCUT2D eigenvalue weighted by molar-refractivity contribution is 0.0506. The van der Waals surface area contributed by atoms with Gasteiger partial charge in [0, 0.05) is 28.4 Å². The van der Waals surface area contributed by atoms with Gasteiger partial charge in [0.1, 0.15) is 0 Å². The van der Waals surface area contributed by atoms with Gasteiger partial charge in [0.2, 0.25) is 0 Å². The van der Waals surface area contributed by atoms with Crippen LogP contribution in [-0.4, -0.2) is 40.0 Å². The molecule has 0 bridgehead atoms. The van der Waals surface area contributed by atoms with Crippen LogP contribution >= 0.6 is 11.8 Å². The number of urea groups is 1. The highest BCUT2D eigenvalue weighted by molar-refractivity contribution is 8.00. The number of carbonyl (C=O) groups is 1. The van der Waals surface area contributed by atoms with Crippen molar-refractivity contribution in [2.75, 3.05) is 18.4 Å². The van der Waals surface area contributed by atoms with Crippen LogP contribution in [0.5, 0.6) is 0 Å². The molecule has 0 unspecified atom stereocenters. The average Bonchev–Trinajstić information content (AvgIpc) is 2.42. The van der Waals surface area contributed by atoms with Crippen molar-refractivity contribution in [2.24, 2.45) is 5.92 Å². The lowest BCUT2D eigenvalue weighted by Crippen LogP contribution is -2.46. The first kappa shape index (κ1) is 17.2. The Kier molecular flexibility index (Phi) is 5.40. The fraction of sp³-hybridized carbons (Fsp3) is 0.588. The van der Waals surface area contributed by atoms with Crippen molar-refractivity contribution >= 4 is 23.5 Å². The number of nitrogens with one attached hydrogen (secondary N) is 1. The number of rotatable bonds is 2. The van der Waals surface area contributed by atoms with Crippen LogP contribution < -0.4 is 5.32 Å². The second-order valence-electron chi connectivity index (χ2n) is 6.95. The summed E-state index contributed by atoms with van der Waals surface area (Å²) in [5.74, 6) is 0.130. The van der Waals surface area contributed by atoms with Crippen LogP contribution in [0.25, 0.3) is 0 Å². The van der Waals surface area contributed by atoms with E-state index in [-0.39, 0.29) is 22.8 Å². The second kappa shape index (κ2) is 6.92. The van der Waals surface area contributed by atoms with E-state index in [1.165, 1.54) is 4.90 Å². The molecule has 0 aliphatic carbocycles. The minimum absolute atomic E-state index is 0.0880. The molecule has 5 heteroatoms. The highest BCUT2D eigenvalue weighted by atomic mass is 32.2. The zero-order valence-corrected chi connectivity index (χ0v) is 14.6. The molecular weight excluding hydrogens is 296 g/mol. The third kappa shape index (κ3) is 4.92. The summed E-state index contributed by atoms with van der Waals surface area (Å²) in [4.78, 5) is 15.2. The smallest absolute Gasteiger partial charge is 0.321 e. The SMILES string of the molecule is C[C@@H]1CN(C(=O)Nc2ccc(SC(C)(C)C)cc2)CC[C@@H]1O. The van der Waals surface area contributed by atoms with E-state index in [1.54, 1.807) is 16.7 Å². The minimum Gasteiger partial charge on any atom is -0.393 e. The van der Waals surface area contributed by atoms with Gasteiger partial charge < -0.3 is 15.3 Å². The van der Waals surface area contributed by atoms with Gasteiger partial charge in [0.15, 0.2) is 0 Å². The first-order chi connectivity index (χ1) is 10.2. The largest absolute Gasteiger partial charge is 0.393 e. The number of thioether (sulfide) groups is 1. The number of hydrogen-bond donors (Lipinski definition) is 2. The number of nitrogens with zero attached hydrogens (tertiary/aromatic N) is 1. The summed E-state index contributed by atoms with van der Waals surface area (Å²) < 4.78 is 0.176. The van der Waals surface area contributed by atoms with Gasteiger partial charge in [-0.15, -0.1) is 11.8 Å². The molecule has 1 aliphatic heterocycles. The van der Waals surface area contributed by atoms with Gasteiger partial charge in [-0.25, -0.2) is 4.79 Å². The van der Waals surface area contributed by atoms with Crippen LogP contribution in [0.15, 0.2) is 29.2 Å². The van der Waals surface area contributed by atoms with E-state index in [9.17, 15) is 9.90 Å². The van der Waals surface area contributed by atoms with Crippen LogP contribution in [0.2, 0.25) is 0 Å². The van der Waals surface area contributed by atoms with Gasteiger partial charge in [0.25, 0.3) is 0 Å². The quantitative estimate of drug-likeness (QED) is 0.814. The molecular formula is C17H26N2O2S. The van der Waals surface area contributed by atoms with Crippen molar-refractivity contribution in [1.29, 1.82) is 0 Å². The summed E-state index contributed by atoms with van der Waals surface area (Å²) in [5, 5.41) is 12.7. The van der Waals surface area contributed by atoms with Crippen molar-refractivity contribution in [3.8, 4) is 0 Å². The van der Waals surface area contributed by atoms with Crippen molar-refractivity contribution < 1.29 is 9.90 Å². The molecule has 0 aromatic heterocycles. The molecule has 122 valence electrons.